The first kappa shape index (κ1) is 15.1. The number of sulfonamides is 1. The molecule has 3 atom stereocenters. The van der Waals surface area contributed by atoms with Crippen LogP contribution >= 0.6 is 11.3 Å². The van der Waals surface area contributed by atoms with Crippen molar-refractivity contribution in [1.29, 1.82) is 5.26 Å². The van der Waals surface area contributed by atoms with Gasteiger partial charge in [0.15, 0.2) is 0 Å². The van der Waals surface area contributed by atoms with Gasteiger partial charge < -0.3 is 5.11 Å². The van der Waals surface area contributed by atoms with E-state index in [2.05, 4.69) is 6.07 Å². The number of aliphatic hydroxyl groups excluding tert-OH is 1. The summed E-state index contributed by atoms with van der Waals surface area (Å²) in [6, 6.07) is 7.36. The Morgan fingerprint density at radius 2 is 2.17 bits per heavy atom. The predicted molar refractivity (Wildman–Crippen MR) is 87.6 cm³/mol. The van der Waals surface area contributed by atoms with Gasteiger partial charge in [0.25, 0.3) is 10.0 Å². The topological polar surface area (TPSA) is 81.4 Å². The molecule has 7 heteroatoms. The quantitative estimate of drug-likeness (QED) is 0.901. The zero-order valence-corrected chi connectivity index (χ0v) is 14.2. The van der Waals surface area contributed by atoms with Crippen molar-refractivity contribution in [2.45, 2.75) is 23.7 Å². The van der Waals surface area contributed by atoms with Crippen molar-refractivity contribution >= 4 is 31.4 Å². The van der Waals surface area contributed by atoms with E-state index in [0.717, 1.165) is 10.1 Å². The molecule has 3 unspecified atom stereocenters. The summed E-state index contributed by atoms with van der Waals surface area (Å²) < 4.78 is 28.7. The Labute approximate surface area is 138 Å². The second-order valence-electron chi connectivity index (χ2n) is 6.39. The number of aliphatic hydroxyl groups is 1. The van der Waals surface area contributed by atoms with Crippen LogP contribution in [-0.2, 0) is 10.0 Å². The highest BCUT2D eigenvalue weighted by Crippen LogP contribution is 2.44. The third-order valence-electron chi connectivity index (χ3n) is 5.09. The number of nitrogens with zero attached hydrogens (tertiary/aromatic N) is 2. The number of nitriles is 1. The number of rotatable bonds is 2. The fourth-order valence-corrected chi connectivity index (χ4v) is 7.07. The second kappa shape index (κ2) is 5.02. The zero-order chi connectivity index (χ0) is 16.4. The lowest BCUT2D eigenvalue weighted by molar-refractivity contribution is -0.00416. The number of aryl methyl sites for hydroxylation is 1. The molecule has 2 heterocycles. The lowest BCUT2D eigenvalue weighted by Gasteiger charge is -2.34. The van der Waals surface area contributed by atoms with Gasteiger partial charge in [0, 0.05) is 23.7 Å². The maximum Gasteiger partial charge on any atom is 0.252 e. The Hall–Kier alpha value is -1.46. The van der Waals surface area contributed by atoms with Gasteiger partial charge in [0.05, 0.1) is 17.7 Å². The molecule has 5 nitrogen and oxygen atoms in total. The molecular formula is C16H16N2O3S2. The Kier molecular flexibility index (Phi) is 3.29. The predicted octanol–water partition coefficient (Wildman–Crippen LogP) is 2.08. The highest BCUT2D eigenvalue weighted by Gasteiger charge is 2.50. The normalized spacial score (nSPS) is 27.6. The van der Waals surface area contributed by atoms with E-state index in [-0.39, 0.29) is 12.0 Å². The Balaban J connectivity index is 1.76. The van der Waals surface area contributed by atoms with E-state index >= 15 is 0 Å². The number of hydrogen-bond acceptors (Lipinski definition) is 5. The van der Waals surface area contributed by atoms with Crippen molar-refractivity contribution in [1.82, 2.24) is 4.31 Å². The van der Waals surface area contributed by atoms with Crippen LogP contribution in [0.5, 0.6) is 0 Å². The number of benzene rings is 1. The van der Waals surface area contributed by atoms with Crippen LogP contribution in [0.3, 0.4) is 0 Å². The minimum Gasteiger partial charge on any atom is -0.393 e. The van der Waals surface area contributed by atoms with Crippen molar-refractivity contribution in [3.8, 4) is 6.07 Å². The molecule has 1 aliphatic carbocycles. The molecule has 120 valence electrons. The van der Waals surface area contributed by atoms with Crippen LogP contribution < -0.4 is 0 Å². The van der Waals surface area contributed by atoms with Gasteiger partial charge in [0.2, 0.25) is 0 Å². The third kappa shape index (κ3) is 2.13. The molecule has 0 radical (unpaired) electrons. The molecule has 1 saturated carbocycles. The van der Waals surface area contributed by atoms with Crippen LogP contribution in [0.4, 0.5) is 0 Å². The first-order valence-corrected chi connectivity index (χ1v) is 9.79. The van der Waals surface area contributed by atoms with E-state index in [4.69, 9.17) is 5.26 Å². The molecule has 4 rings (SSSR count). The molecule has 0 bridgehead atoms. The molecule has 2 fully saturated rings. The summed E-state index contributed by atoms with van der Waals surface area (Å²) in [7, 11) is -3.54. The van der Waals surface area contributed by atoms with Gasteiger partial charge in [-0.25, -0.2) is 8.42 Å². The molecule has 23 heavy (non-hydrogen) atoms. The molecule has 2 aliphatic rings. The van der Waals surface area contributed by atoms with Gasteiger partial charge in [-0.2, -0.15) is 9.57 Å². The highest BCUT2D eigenvalue weighted by atomic mass is 32.2. The van der Waals surface area contributed by atoms with E-state index in [1.165, 1.54) is 15.6 Å². The molecule has 0 spiro atoms. The van der Waals surface area contributed by atoms with Crippen molar-refractivity contribution in [3.63, 3.8) is 0 Å². The SMILES string of the molecule is Cc1c(S(=O)(=O)N2CC3CC(O)C3C2)sc2ccc(C#N)cc12. The Morgan fingerprint density at radius 1 is 1.39 bits per heavy atom. The lowest BCUT2D eigenvalue weighted by Crippen LogP contribution is -2.39. The van der Waals surface area contributed by atoms with Gasteiger partial charge >= 0.3 is 0 Å². The summed E-state index contributed by atoms with van der Waals surface area (Å²) in [5.74, 6) is 0.379. The van der Waals surface area contributed by atoms with Gasteiger partial charge in [-0.3, -0.25) is 0 Å². The molecule has 1 aliphatic heterocycles. The summed E-state index contributed by atoms with van der Waals surface area (Å²) in [6.07, 6.45) is 0.343. The smallest absolute Gasteiger partial charge is 0.252 e. The molecule has 1 saturated heterocycles. The summed E-state index contributed by atoms with van der Waals surface area (Å²) in [6.45, 7) is 2.71. The zero-order valence-electron chi connectivity index (χ0n) is 12.6. The number of thiophene rings is 1. The van der Waals surface area contributed by atoms with Gasteiger partial charge in [-0.1, -0.05) is 0 Å². The van der Waals surface area contributed by atoms with Crippen LogP contribution in [-0.4, -0.2) is 37.0 Å². The van der Waals surface area contributed by atoms with E-state index in [1.807, 2.05) is 6.07 Å². The number of fused-ring (bicyclic) bond motifs is 2. The molecule has 2 aromatic rings. The summed E-state index contributed by atoms with van der Waals surface area (Å²) >= 11 is 1.26. The van der Waals surface area contributed by atoms with Crippen LogP contribution in [0.2, 0.25) is 0 Å². The fraction of sp³-hybridized carbons (Fsp3) is 0.438. The average molecular weight is 348 g/mol. The van der Waals surface area contributed by atoms with Crippen LogP contribution in [0.15, 0.2) is 22.4 Å². The molecule has 1 aromatic carbocycles. The van der Waals surface area contributed by atoms with E-state index in [1.54, 1.807) is 19.1 Å². The molecule has 1 aromatic heterocycles. The molecular weight excluding hydrogens is 332 g/mol. The second-order valence-corrected chi connectivity index (χ2v) is 9.57. The summed E-state index contributed by atoms with van der Waals surface area (Å²) in [5, 5.41) is 19.6. The maximum absolute atomic E-state index is 13.0. The van der Waals surface area contributed by atoms with E-state index < -0.39 is 10.0 Å². The van der Waals surface area contributed by atoms with E-state index in [9.17, 15) is 13.5 Å². The van der Waals surface area contributed by atoms with Crippen molar-refractivity contribution < 1.29 is 13.5 Å². The summed E-state index contributed by atoms with van der Waals surface area (Å²) in [5.41, 5.74) is 1.24. The fourth-order valence-electron chi connectivity index (χ4n) is 3.66. The summed E-state index contributed by atoms with van der Waals surface area (Å²) in [4.78, 5) is 0. The monoisotopic (exact) mass is 348 g/mol. The highest BCUT2D eigenvalue weighted by molar-refractivity contribution is 7.91. The molecule has 0 amide bonds. The standard InChI is InChI=1S/C16H16N2O3S2/c1-9-12-4-10(6-17)2-3-15(12)22-16(9)23(20,21)18-7-11-5-14(19)13(11)8-18/h2-4,11,13-14,19H,5,7-8H2,1H3. The van der Waals surface area contributed by atoms with Gasteiger partial charge in [-0.15, -0.1) is 11.3 Å². The van der Waals surface area contributed by atoms with E-state index in [0.29, 0.717) is 40.8 Å². The Bertz CT molecular complexity index is 942. The van der Waals surface area contributed by atoms with Crippen molar-refractivity contribution in [2.75, 3.05) is 13.1 Å². The number of hydrogen-bond donors (Lipinski definition) is 1. The van der Waals surface area contributed by atoms with Crippen LogP contribution in [0.25, 0.3) is 10.1 Å². The van der Waals surface area contributed by atoms with Crippen molar-refractivity contribution in [2.24, 2.45) is 11.8 Å². The van der Waals surface area contributed by atoms with Crippen LogP contribution in [0, 0.1) is 30.1 Å². The van der Waals surface area contributed by atoms with Gasteiger partial charge in [0.1, 0.15) is 4.21 Å². The third-order valence-corrected chi connectivity index (χ3v) is 8.79. The van der Waals surface area contributed by atoms with Crippen molar-refractivity contribution in [3.05, 3.63) is 29.3 Å². The average Bonchev–Trinajstić information content (AvgIpc) is 3.05. The molecule has 1 N–H and O–H groups in total. The maximum atomic E-state index is 13.0. The minimum atomic E-state index is -3.54. The van der Waals surface area contributed by atoms with Crippen LogP contribution in [0.1, 0.15) is 17.5 Å². The first-order chi connectivity index (χ1) is 10.9. The Morgan fingerprint density at radius 3 is 2.83 bits per heavy atom. The largest absolute Gasteiger partial charge is 0.393 e. The minimum absolute atomic E-state index is 0.0876. The van der Waals surface area contributed by atoms with Gasteiger partial charge in [-0.05, 0) is 48.4 Å². The first-order valence-electron chi connectivity index (χ1n) is 7.53. The lowest BCUT2D eigenvalue weighted by atomic mass is 9.74.